The molecule has 5 nitrogen and oxygen atoms in total. The molecule has 0 aliphatic rings. The Morgan fingerprint density at radius 1 is 1.35 bits per heavy atom. The van der Waals surface area contributed by atoms with E-state index in [1.807, 2.05) is 13.8 Å². The van der Waals surface area contributed by atoms with Gasteiger partial charge in [-0.1, -0.05) is 6.07 Å². The summed E-state index contributed by atoms with van der Waals surface area (Å²) in [7, 11) is 1.53. The Kier molecular flexibility index (Phi) is 4.34. The van der Waals surface area contributed by atoms with Crippen molar-refractivity contribution in [1.29, 1.82) is 0 Å². The number of methoxy groups -OCH3 is 1. The molecule has 0 radical (unpaired) electrons. The standard InChI is InChI=1S/C12H17NO4/c1-7(2)17-10-6-8(11(13)12(14)15)4-5-9(10)16-3/h4-7,11H,13H2,1-3H3,(H,14,15)/t11-/m0/s1. The van der Waals surface area contributed by atoms with Gasteiger partial charge < -0.3 is 20.3 Å². The highest BCUT2D eigenvalue weighted by molar-refractivity contribution is 5.75. The fraction of sp³-hybridized carbons (Fsp3) is 0.417. The highest BCUT2D eigenvalue weighted by atomic mass is 16.5. The number of carbonyl (C=O) groups is 1. The fourth-order valence-electron chi connectivity index (χ4n) is 1.38. The molecule has 17 heavy (non-hydrogen) atoms. The van der Waals surface area contributed by atoms with E-state index in [-0.39, 0.29) is 6.10 Å². The number of aliphatic carboxylic acids is 1. The topological polar surface area (TPSA) is 81.8 Å². The van der Waals surface area contributed by atoms with Crippen molar-refractivity contribution in [3.63, 3.8) is 0 Å². The smallest absolute Gasteiger partial charge is 0.325 e. The molecule has 0 spiro atoms. The summed E-state index contributed by atoms with van der Waals surface area (Å²) >= 11 is 0. The normalized spacial score (nSPS) is 12.3. The monoisotopic (exact) mass is 239 g/mol. The fourth-order valence-corrected chi connectivity index (χ4v) is 1.38. The molecule has 0 amide bonds. The lowest BCUT2D eigenvalue weighted by molar-refractivity contribution is -0.138. The first kappa shape index (κ1) is 13.3. The first-order valence-electron chi connectivity index (χ1n) is 5.28. The van der Waals surface area contributed by atoms with Crippen molar-refractivity contribution in [2.75, 3.05) is 7.11 Å². The summed E-state index contributed by atoms with van der Waals surface area (Å²) in [4.78, 5) is 10.8. The Hall–Kier alpha value is -1.75. The maximum Gasteiger partial charge on any atom is 0.325 e. The summed E-state index contributed by atoms with van der Waals surface area (Å²) in [6.07, 6.45) is -0.0276. The van der Waals surface area contributed by atoms with Crippen molar-refractivity contribution < 1.29 is 19.4 Å². The summed E-state index contributed by atoms with van der Waals surface area (Å²) in [6, 6.07) is 3.80. The number of hydrogen-bond donors (Lipinski definition) is 2. The summed E-state index contributed by atoms with van der Waals surface area (Å²) in [5.74, 6) is -0.0256. The number of carboxylic acid groups (broad SMARTS) is 1. The molecule has 94 valence electrons. The number of carboxylic acids is 1. The molecule has 0 aliphatic heterocycles. The maximum atomic E-state index is 10.8. The highest BCUT2D eigenvalue weighted by Gasteiger charge is 2.17. The van der Waals surface area contributed by atoms with E-state index in [0.717, 1.165) is 0 Å². The lowest BCUT2D eigenvalue weighted by atomic mass is 10.1. The SMILES string of the molecule is COc1ccc([C@H](N)C(=O)O)cc1OC(C)C. The molecular formula is C12H17NO4. The largest absolute Gasteiger partial charge is 0.493 e. The second-order valence-electron chi connectivity index (χ2n) is 3.89. The van der Waals surface area contributed by atoms with Gasteiger partial charge in [0.05, 0.1) is 13.2 Å². The van der Waals surface area contributed by atoms with Crippen LogP contribution in [0.3, 0.4) is 0 Å². The predicted octanol–water partition coefficient (Wildman–Crippen LogP) is 1.57. The van der Waals surface area contributed by atoms with Crippen LogP contribution >= 0.6 is 0 Å². The van der Waals surface area contributed by atoms with Gasteiger partial charge in [-0.3, -0.25) is 4.79 Å². The van der Waals surface area contributed by atoms with Crippen molar-refractivity contribution >= 4 is 5.97 Å². The summed E-state index contributed by atoms with van der Waals surface area (Å²) < 4.78 is 10.7. The molecular weight excluding hydrogens is 222 g/mol. The van der Waals surface area contributed by atoms with Crippen molar-refractivity contribution in [3.05, 3.63) is 23.8 Å². The molecule has 0 aromatic heterocycles. The molecule has 5 heteroatoms. The van der Waals surface area contributed by atoms with E-state index >= 15 is 0 Å². The van der Waals surface area contributed by atoms with Crippen LogP contribution in [0.15, 0.2) is 18.2 Å². The third-order valence-corrected chi connectivity index (χ3v) is 2.18. The van der Waals surface area contributed by atoms with Crippen LogP contribution in [0.4, 0.5) is 0 Å². The molecule has 0 heterocycles. The van der Waals surface area contributed by atoms with E-state index in [0.29, 0.717) is 17.1 Å². The molecule has 1 aromatic rings. The molecule has 0 saturated carbocycles. The molecule has 0 saturated heterocycles. The lowest BCUT2D eigenvalue weighted by Gasteiger charge is -2.15. The third-order valence-electron chi connectivity index (χ3n) is 2.18. The Labute approximate surface area is 100 Å². The van der Waals surface area contributed by atoms with Crippen LogP contribution in [0.25, 0.3) is 0 Å². The van der Waals surface area contributed by atoms with E-state index in [1.54, 1.807) is 18.2 Å². The zero-order chi connectivity index (χ0) is 13.0. The zero-order valence-corrected chi connectivity index (χ0v) is 10.1. The Balaban J connectivity index is 3.08. The van der Waals surface area contributed by atoms with Crippen LogP contribution in [0.1, 0.15) is 25.5 Å². The Bertz CT molecular complexity index is 403. The Morgan fingerprint density at radius 3 is 2.47 bits per heavy atom. The average Bonchev–Trinajstić information content (AvgIpc) is 2.27. The van der Waals surface area contributed by atoms with Crippen LogP contribution in [0, 0.1) is 0 Å². The minimum absolute atomic E-state index is 0.0276. The quantitative estimate of drug-likeness (QED) is 0.815. The van der Waals surface area contributed by atoms with Gasteiger partial charge in [0.25, 0.3) is 0 Å². The molecule has 1 aromatic carbocycles. The van der Waals surface area contributed by atoms with Crippen molar-refractivity contribution in [1.82, 2.24) is 0 Å². The second-order valence-corrected chi connectivity index (χ2v) is 3.89. The van der Waals surface area contributed by atoms with Crippen molar-refractivity contribution in [2.24, 2.45) is 5.73 Å². The van der Waals surface area contributed by atoms with Crippen LogP contribution in [0.5, 0.6) is 11.5 Å². The van der Waals surface area contributed by atoms with Crippen LogP contribution < -0.4 is 15.2 Å². The number of benzene rings is 1. The number of rotatable bonds is 5. The van der Waals surface area contributed by atoms with Gasteiger partial charge in [-0.15, -0.1) is 0 Å². The highest BCUT2D eigenvalue weighted by Crippen LogP contribution is 2.30. The minimum Gasteiger partial charge on any atom is -0.493 e. The van der Waals surface area contributed by atoms with Crippen molar-refractivity contribution in [2.45, 2.75) is 26.0 Å². The van der Waals surface area contributed by atoms with Gasteiger partial charge in [-0.2, -0.15) is 0 Å². The van der Waals surface area contributed by atoms with Crippen LogP contribution in [0.2, 0.25) is 0 Å². The van der Waals surface area contributed by atoms with Gasteiger partial charge >= 0.3 is 5.97 Å². The van der Waals surface area contributed by atoms with Gasteiger partial charge in [-0.25, -0.2) is 0 Å². The molecule has 0 bridgehead atoms. The molecule has 0 unspecified atom stereocenters. The van der Waals surface area contributed by atoms with Crippen LogP contribution in [-0.2, 0) is 4.79 Å². The van der Waals surface area contributed by atoms with Crippen molar-refractivity contribution in [3.8, 4) is 11.5 Å². The van der Waals surface area contributed by atoms with Gasteiger partial charge in [-0.05, 0) is 31.5 Å². The molecule has 0 aliphatic carbocycles. The van der Waals surface area contributed by atoms with Gasteiger partial charge in [0.15, 0.2) is 11.5 Å². The Morgan fingerprint density at radius 2 is 2.00 bits per heavy atom. The zero-order valence-electron chi connectivity index (χ0n) is 10.1. The van der Waals surface area contributed by atoms with E-state index in [1.165, 1.54) is 7.11 Å². The minimum atomic E-state index is -1.08. The van der Waals surface area contributed by atoms with E-state index in [4.69, 9.17) is 20.3 Å². The number of hydrogen-bond acceptors (Lipinski definition) is 4. The summed E-state index contributed by atoms with van der Waals surface area (Å²) in [6.45, 7) is 3.76. The molecule has 0 fully saturated rings. The predicted molar refractivity (Wildman–Crippen MR) is 63.3 cm³/mol. The number of nitrogens with two attached hydrogens (primary N) is 1. The first-order chi connectivity index (χ1) is 7.95. The van der Waals surface area contributed by atoms with Crippen LogP contribution in [-0.4, -0.2) is 24.3 Å². The van der Waals surface area contributed by atoms with Gasteiger partial charge in [0, 0.05) is 0 Å². The average molecular weight is 239 g/mol. The third kappa shape index (κ3) is 3.35. The van der Waals surface area contributed by atoms with Gasteiger partial charge in [0.2, 0.25) is 0 Å². The summed E-state index contributed by atoms with van der Waals surface area (Å²) in [5, 5.41) is 8.84. The maximum absolute atomic E-state index is 10.8. The molecule has 1 rings (SSSR count). The molecule has 3 N–H and O–H groups in total. The second kappa shape index (κ2) is 5.54. The lowest BCUT2D eigenvalue weighted by Crippen LogP contribution is -2.20. The van der Waals surface area contributed by atoms with E-state index in [9.17, 15) is 4.79 Å². The van der Waals surface area contributed by atoms with E-state index < -0.39 is 12.0 Å². The molecule has 1 atom stereocenters. The number of ether oxygens (including phenoxy) is 2. The van der Waals surface area contributed by atoms with E-state index in [2.05, 4.69) is 0 Å². The van der Waals surface area contributed by atoms with Gasteiger partial charge in [0.1, 0.15) is 6.04 Å². The summed E-state index contributed by atoms with van der Waals surface area (Å²) in [5.41, 5.74) is 6.01. The first-order valence-corrected chi connectivity index (χ1v) is 5.28.